The van der Waals surface area contributed by atoms with Crippen molar-refractivity contribution in [3.63, 3.8) is 0 Å². The molecule has 108 valence electrons. The average molecular weight is 316 g/mol. The van der Waals surface area contributed by atoms with Gasteiger partial charge in [-0.15, -0.1) is 0 Å². The lowest BCUT2D eigenvalue weighted by molar-refractivity contribution is -0.142. The summed E-state index contributed by atoms with van der Waals surface area (Å²) < 4.78 is 0. The van der Waals surface area contributed by atoms with E-state index in [-0.39, 0.29) is 22.7 Å². The molecule has 1 aliphatic heterocycles. The third-order valence-electron chi connectivity index (χ3n) is 3.44. The average Bonchev–Trinajstić information content (AvgIpc) is 2.80. The Morgan fingerprint density at radius 3 is 2.80 bits per heavy atom. The smallest absolute Gasteiger partial charge is 0.308 e. The number of carbonyl (C=O) groups is 2. The number of nitrogens with zero attached hydrogens (tertiary/aromatic N) is 3. The van der Waals surface area contributed by atoms with Crippen molar-refractivity contribution in [3.05, 3.63) is 16.9 Å². The van der Waals surface area contributed by atoms with E-state index in [2.05, 4.69) is 9.97 Å². The largest absolute Gasteiger partial charge is 0.481 e. The summed E-state index contributed by atoms with van der Waals surface area (Å²) in [5.41, 5.74) is 0.129. The third kappa shape index (κ3) is 2.73. The van der Waals surface area contributed by atoms with Crippen LogP contribution in [-0.2, 0) is 4.79 Å². The Balaban J connectivity index is 2.26. The number of aliphatic carboxylic acids is 1. The first-order valence-electron chi connectivity index (χ1n) is 6.06. The number of halogens is 1. The van der Waals surface area contributed by atoms with Gasteiger partial charge >= 0.3 is 5.97 Å². The van der Waals surface area contributed by atoms with Crippen molar-refractivity contribution in [3.8, 4) is 0 Å². The van der Waals surface area contributed by atoms with Crippen molar-refractivity contribution in [2.75, 3.05) is 12.8 Å². The second-order valence-electron chi connectivity index (χ2n) is 4.53. The van der Waals surface area contributed by atoms with Crippen LogP contribution in [0.2, 0.25) is 5.02 Å². The molecule has 1 aromatic rings. The molecule has 0 saturated carbocycles. The van der Waals surface area contributed by atoms with E-state index in [1.54, 1.807) is 13.2 Å². The maximum atomic E-state index is 12.5. The monoisotopic (exact) mass is 315 g/mol. The Bertz CT molecular complexity index is 555. The minimum absolute atomic E-state index is 0.129. The van der Waals surface area contributed by atoms with Crippen LogP contribution in [0.3, 0.4) is 0 Å². The van der Waals surface area contributed by atoms with Gasteiger partial charge in [0.2, 0.25) is 0 Å². The molecule has 0 radical (unpaired) electrons. The van der Waals surface area contributed by atoms with Gasteiger partial charge in [0.05, 0.1) is 17.1 Å². The number of likely N-dealkylation sites (tertiary alicyclic amines) is 1. The van der Waals surface area contributed by atoms with Gasteiger partial charge in [0.15, 0.2) is 10.9 Å². The minimum atomic E-state index is -0.883. The predicted molar refractivity (Wildman–Crippen MR) is 75.1 cm³/mol. The van der Waals surface area contributed by atoms with Gasteiger partial charge in [-0.05, 0) is 19.6 Å². The third-order valence-corrected chi connectivity index (χ3v) is 4.28. The first-order chi connectivity index (χ1) is 9.45. The zero-order valence-electron chi connectivity index (χ0n) is 11.0. The fraction of sp³-hybridized carbons (Fsp3) is 0.500. The first kappa shape index (κ1) is 15.1. The van der Waals surface area contributed by atoms with E-state index in [0.29, 0.717) is 18.1 Å². The standard InChI is InChI=1S/C12H14ClN3O3S/c1-6-7(11(18)19)3-4-16(6)10(17)9-8(13)5-14-12(15-9)20-2/h5-7H,3-4H2,1-2H3,(H,18,19). The Kier molecular flexibility index (Phi) is 4.49. The zero-order chi connectivity index (χ0) is 14.9. The number of rotatable bonds is 3. The molecule has 1 N–H and O–H groups in total. The van der Waals surface area contributed by atoms with Gasteiger partial charge in [-0.2, -0.15) is 0 Å². The summed E-state index contributed by atoms with van der Waals surface area (Å²) >= 11 is 7.29. The fourth-order valence-electron chi connectivity index (χ4n) is 2.29. The van der Waals surface area contributed by atoms with Gasteiger partial charge in [-0.1, -0.05) is 23.4 Å². The van der Waals surface area contributed by atoms with Crippen molar-refractivity contribution in [1.82, 2.24) is 14.9 Å². The van der Waals surface area contributed by atoms with Gasteiger partial charge < -0.3 is 10.0 Å². The molecule has 8 heteroatoms. The van der Waals surface area contributed by atoms with Crippen molar-refractivity contribution >= 4 is 35.2 Å². The second-order valence-corrected chi connectivity index (χ2v) is 5.71. The highest BCUT2D eigenvalue weighted by atomic mass is 35.5. The van der Waals surface area contributed by atoms with Gasteiger partial charge in [-0.25, -0.2) is 9.97 Å². The highest BCUT2D eigenvalue weighted by Gasteiger charge is 2.39. The van der Waals surface area contributed by atoms with Crippen LogP contribution in [-0.4, -0.2) is 50.7 Å². The van der Waals surface area contributed by atoms with Crippen LogP contribution >= 0.6 is 23.4 Å². The van der Waals surface area contributed by atoms with E-state index >= 15 is 0 Å². The van der Waals surface area contributed by atoms with E-state index in [4.69, 9.17) is 16.7 Å². The van der Waals surface area contributed by atoms with Gasteiger partial charge in [0, 0.05) is 12.6 Å². The Morgan fingerprint density at radius 2 is 2.25 bits per heavy atom. The number of hydrogen-bond donors (Lipinski definition) is 1. The minimum Gasteiger partial charge on any atom is -0.481 e. The summed E-state index contributed by atoms with van der Waals surface area (Å²) in [6.07, 6.45) is 3.64. The molecule has 2 heterocycles. The molecule has 1 aliphatic rings. The molecule has 0 aromatic carbocycles. The van der Waals surface area contributed by atoms with E-state index in [1.807, 2.05) is 0 Å². The fourth-order valence-corrected chi connectivity index (χ4v) is 2.80. The van der Waals surface area contributed by atoms with Gasteiger partial charge in [-0.3, -0.25) is 9.59 Å². The topological polar surface area (TPSA) is 83.4 Å². The number of hydrogen-bond acceptors (Lipinski definition) is 5. The van der Waals surface area contributed by atoms with Crippen LogP contribution < -0.4 is 0 Å². The summed E-state index contributed by atoms with van der Waals surface area (Å²) in [4.78, 5) is 33.2. The normalized spacial score (nSPS) is 22.1. The Labute approximate surface area is 125 Å². The lowest BCUT2D eigenvalue weighted by Crippen LogP contribution is -2.38. The zero-order valence-corrected chi connectivity index (χ0v) is 12.6. The molecule has 0 spiro atoms. The summed E-state index contributed by atoms with van der Waals surface area (Å²) in [5, 5.41) is 9.73. The van der Waals surface area contributed by atoms with Crippen LogP contribution in [0.15, 0.2) is 11.4 Å². The Hall–Kier alpha value is -1.34. The number of aromatic nitrogens is 2. The molecule has 2 unspecified atom stereocenters. The van der Waals surface area contributed by atoms with Crippen molar-refractivity contribution in [1.29, 1.82) is 0 Å². The highest BCUT2D eigenvalue weighted by Crippen LogP contribution is 2.27. The lowest BCUT2D eigenvalue weighted by atomic mass is 10.0. The molecule has 1 amide bonds. The van der Waals surface area contributed by atoms with Gasteiger partial charge in [0.25, 0.3) is 5.91 Å². The maximum Gasteiger partial charge on any atom is 0.308 e. The quantitative estimate of drug-likeness (QED) is 0.676. The van der Waals surface area contributed by atoms with Crippen molar-refractivity contribution < 1.29 is 14.7 Å². The predicted octanol–water partition coefficient (Wildman–Crippen LogP) is 1.79. The van der Waals surface area contributed by atoms with Crippen molar-refractivity contribution in [2.45, 2.75) is 24.5 Å². The number of amides is 1. The van der Waals surface area contributed by atoms with Crippen LogP contribution in [0.25, 0.3) is 0 Å². The van der Waals surface area contributed by atoms with E-state index in [1.165, 1.54) is 22.9 Å². The van der Waals surface area contributed by atoms with Crippen LogP contribution in [0.4, 0.5) is 0 Å². The van der Waals surface area contributed by atoms with Crippen LogP contribution in [0, 0.1) is 5.92 Å². The molecular weight excluding hydrogens is 302 g/mol. The highest BCUT2D eigenvalue weighted by molar-refractivity contribution is 7.98. The molecule has 1 aromatic heterocycles. The molecule has 0 aliphatic carbocycles. The van der Waals surface area contributed by atoms with Crippen LogP contribution in [0.5, 0.6) is 0 Å². The van der Waals surface area contributed by atoms with E-state index < -0.39 is 11.9 Å². The van der Waals surface area contributed by atoms with Crippen molar-refractivity contribution in [2.24, 2.45) is 5.92 Å². The number of carboxylic acid groups (broad SMARTS) is 1. The summed E-state index contributed by atoms with van der Waals surface area (Å²) in [6.45, 7) is 2.13. The summed E-state index contributed by atoms with van der Waals surface area (Å²) in [5.74, 6) is -1.77. The molecular formula is C12H14ClN3O3S. The maximum absolute atomic E-state index is 12.5. The first-order valence-corrected chi connectivity index (χ1v) is 7.66. The number of thioether (sulfide) groups is 1. The molecule has 1 saturated heterocycles. The molecule has 2 rings (SSSR count). The van der Waals surface area contributed by atoms with E-state index in [0.717, 1.165) is 0 Å². The number of carboxylic acids is 1. The van der Waals surface area contributed by atoms with Crippen LogP contribution in [0.1, 0.15) is 23.8 Å². The Morgan fingerprint density at radius 1 is 1.55 bits per heavy atom. The molecule has 6 nitrogen and oxygen atoms in total. The summed E-state index contributed by atoms with van der Waals surface area (Å²) in [7, 11) is 0. The SMILES string of the molecule is CSc1ncc(Cl)c(C(=O)N2CCC(C(=O)O)C2C)n1. The lowest BCUT2D eigenvalue weighted by Gasteiger charge is -2.23. The molecule has 2 atom stereocenters. The second kappa shape index (κ2) is 5.97. The molecule has 0 bridgehead atoms. The van der Waals surface area contributed by atoms with Gasteiger partial charge in [0.1, 0.15) is 0 Å². The molecule has 1 fully saturated rings. The molecule has 20 heavy (non-hydrogen) atoms. The van der Waals surface area contributed by atoms with E-state index in [9.17, 15) is 9.59 Å². The summed E-state index contributed by atoms with van der Waals surface area (Å²) in [6, 6.07) is -0.372. The number of carbonyl (C=O) groups excluding carboxylic acids is 1.